The van der Waals surface area contributed by atoms with E-state index in [-0.39, 0.29) is 55.2 Å². The number of carbonyl (C=O) groups is 2. The minimum Gasteiger partial charge on any atom is -0.484 e. The van der Waals surface area contributed by atoms with Crippen molar-refractivity contribution in [3.63, 3.8) is 0 Å². The Morgan fingerprint density at radius 1 is 1.07 bits per heavy atom. The number of nitrogens with zero attached hydrogens (tertiary/aromatic N) is 1. The zero-order valence-electron chi connectivity index (χ0n) is 20.0. The number of anilines is 1. The summed E-state index contributed by atoms with van der Waals surface area (Å²) < 4.78 is 65.3. The smallest absolute Gasteiger partial charge is 0.433 e. The first-order valence-corrected chi connectivity index (χ1v) is 12.6. The number of hydrogen-bond donors (Lipinski definition) is 2. The zero-order chi connectivity index (χ0) is 28.6. The average Bonchev–Trinajstić information content (AvgIpc) is 3.53. The number of rotatable bonds is 7. The molecule has 2 amide bonds. The Balaban J connectivity index is 1.50. The van der Waals surface area contributed by atoms with Crippen LogP contribution in [0.4, 0.5) is 23.2 Å². The number of benzene rings is 2. The second-order valence-corrected chi connectivity index (χ2v) is 9.76. The molecule has 3 aromatic heterocycles. The second kappa shape index (κ2) is 10.6. The lowest BCUT2D eigenvalue weighted by Gasteiger charge is -2.12. The van der Waals surface area contributed by atoms with Crippen LogP contribution in [0.5, 0.6) is 5.75 Å². The van der Waals surface area contributed by atoms with E-state index in [2.05, 4.69) is 10.3 Å². The lowest BCUT2D eigenvalue weighted by atomic mass is 10.0. The van der Waals surface area contributed by atoms with E-state index in [1.165, 1.54) is 24.3 Å². The largest absolute Gasteiger partial charge is 0.484 e. The fourth-order valence-electron chi connectivity index (χ4n) is 3.88. The number of aromatic nitrogens is 1. The molecular formula is C27H16ClF4N3O4S. The van der Waals surface area contributed by atoms with Crippen molar-refractivity contribution >= 4 is 50.7 Å². The Morgan fingerprint density at radius 2 is 1.82 bits per heavy atom. The Morgan fingerprint density at radius 3 is 2.50 bits per heavy atom. The number of nitrogens with two attached hydrogens (primary N) is 1. The summed E-state index contributed by atoms with van der Waals surface area (Å²) in [6.45, 7) is -0.144. The standard InChI is InChI=1S/C27H16ClF4N3O4S/c28-17-10-14(29)6-8-18(17)38-12-15-7-9-19(39-15)25(37)35-22-21-16(13-4-2-1-3-5-13)11-20(27(30,31)32)34-26(21)40-23(22)24(33)36/h1-11H,12H2,(H2,33,36)(H,35,37). The summed E-state index contributed by atoms with van der Waals surface area (Å²) in [5.74, 6) is -2.06. The van der Waals surface area contributed by atoms with Crippen LogP contribution in [-0.2, 0) is 12.8 Å². The summed E-state index contributed by atoms with van der Waals surface area (Å²) in [5, 5.41) is 2.72. The van der Waals surface area contributed by atoms with Crippen molar-refractivity contribution in [2.75, 3.05) is 5.32 Å². The molecule has 3 N–H and O–H groups in total. The number of hydrogen-bond acceptors (Lipinski definition) is 6. The minimum absolute atomic E-state index is 0.0457. The number of carbonyl (C=O) groups excluding carboxylic acids is 2. The second-order valence-electron chi connectivity index (χ2n) is 8.35. The summed E-state index contributed by atoms with van der Waals surface area (Å²) in [7, 11) is 0. The molecule has 0 fully saturated rings. The molecule has 0 aliphatic carbocycles. The maximum absolute atomic E-state index is 13.7. The number of nitrogens with one attached hydrogen (secondary N) is 1. The maximum Gasteiger partial charge on any atom is 0.433 e. The van der Waals surface area contributed by atoms with Crippen molar-refractivity contribution in [1.82, 2.24) is 4.98 Å². The van der Waals surface area contributed by atoms with Gasteiger partial charge in [0.25, 0.3) is 11.8 Å². The van der Waals surface area contributed by atoms with Crippen molar-refractivity contribution in [2.45, 2.75) is 12.8 Å². The van der Waals surface area contributed by atoms with Crippen molar-refractivity contribution < 1.29 is 36.3 Å². The van der Waals surface area contributed by atoms with Gasteiger partial charge in [-0.3, -0.25) is 9.59 Å². The normalized spacial score (nSPS) is 11.5. The van der Waals surface area contributed by atoms with Crippen LogP contribution in [0, 0.1) is 5.82 Å². The Bertz CT molecular complexity index is 1750. The number of primary amides is 1. The highest BCUT2D eigenvalue weighted by Crippen LogP contribution is 2.43. The number of thiophene rings is 1. The molecule has 0 saturated carbocycles. The summed E-state index contributed by atoms with van der Waals surface area (Å²) in [6, 6.07) is 15.4. The van der Waals surface area contributed by atoms with Gasteiger partial charge >= 0.3 is 6.18 Å². The van der Waals surface area contributed by atoms with E-state index in [0.717, 1.165) is 12.1 Å². The molecule has 0 saturated heterocycles. The van der Waals surface area contributed by atoms with Crippen LogP contribution in [0.3, 0.4) is 0 Å². The van der Waals surface area contributed by atoms with Gasteiger partial charge in [-0.15, -0.1) is 11.3 Å². The van der Waals surface area contributed by atoms with Gasteiger partial charge in [0.05, 0.1) is 10.7 Å². The molecular weight excluding hydrogens is 574 g/mol. The van der Waals surface area contributed by atoms with Crippen molar-refractivity contribution in [3.05, 3.63) is 99.7 Å². The molecule has 0 spiro atoms. The number of alkyl halides is 3. The molecule has 0 bridgehead atoms. The molecule has 0 aliphatic rings. The Labute approximate surface area is 232 Å². The third kappa shape index (κ3) is 5.49. The third-order valence-corrected chi connectivity index (χ3v) is 7.04. The molecule has 204 valence electrons. The number of halogens is 5. The highest BCUT2D eigenvalue weighted by atomic mass is 35.5. The molecule has 0 aliphatic heterocycles. The SMILES string of the molecule is NC(=O)c1sc2nc(C(F)(F)F)cc(-c3ccccc3)c2c1NC(=O)c1ccc(COc2ccc(F)cc2Cl)o1. The molecule has 0 atom stereocenters. The molecule has 13 heteroatoms. The van der Waals surface area contributed by atoms with Gasteiger partial charge in [-0.25, -0.2) is 9.37 Å². The molecule has 40 heavy (non-hydrogen) atoms. The molecule has 3 heterocycles. The topological polar surface area (TPSA) is 107 Å². The van der Waals surface area contributed by atoms with Crippen molar-refractivity contribution in [2.24, 2.45) is 5.73 Å². The fourth-order valence-corrected chi connectivity index (χ4v) is 5.10. The van der Waals surface area contributed by atoms with Gasteiger partial charge in [0.1, 0.15) is 39.3 Å². The number of fused-ring (bicyclic) bond motifs is 1. The summed E-state index contributed by atoms with van der Waals surface area (Å²) in [5.41, 5.74) is 4.77. The number of furan rings is 1. The number of amides is 2. The van der Waals surface area contributed by atoms with Crippen molar-refractivity contribution in [3.8, 4) is 16.9 Å². The lowest BCUT2D eigenvalue weighted by molar-refractivity contribution is -0.140. The molecule has 2 aromatic carbocycles. The highest BCUT2D eigenvalue weighted by molar-refractivity contribution is 7.21. The van der Waals surface area contributed by atoms with Gasteiger partial charge in [0.15, 0.2) is 5.76 Å². The van der Waals surface area contributed by atoms with Crippen LogP contribution in [0.1, 0.15) is 31.7 Å². The van der Waals surface area contributed by atoms with E-state index in [0.29, 0.717) is 16.9 Å². The van der Waals surface area contributed by atoms with Gasteiger partial charge < -0.3 is 20.2 Å². The monoisotopic (exact) mass is 589 g/mol. The van der Waals surface area contributed by atoms with Gasteiger partial charge in [0.2, 0.25) is 0 Å². The van der Waals surface area contributed by atoms with Crippen LogP contribution < -0.4 is 15.8 Å². The van der Waals surface area contributed by atoms with Crippen molar-refractivity contribution in [1.29, 1.82) is 0 Å². The van der Waals surface area contributed by atoms with Gasteiger partial charge in [0, 0.05) is 5.39 Å². The lowest BCUT2D eigenvalue weighted by Crippen LogP contribution is -2.16. The highest BCUT2D eigenvalue weighted by Gasteiger charge is 2.35. The first-order chi connectivity index (χ1) is 19.0. The maximum atomic E-state index is 13.7. The molecule has 0 radical (unpaired) electrons. The fraction of sp³-hybridized carbons (Fsp3) is 0.0741. The van der Waals surface area contributed by atoms with Crippen LogP contribution in [0.2, 0.25) is 5.02 Å². The molecule has 5 rings (SSSR count). The summed E-state index contributed by atoms with van der Waals surface area (Å²) in [6.07, 6.45) is -4.76. The van der Waals surface area contributed by atoms with E-state index in [4.69, 9.17) is 26.5 Å². The van der Waals surface area contributed by atoms with Gasteiger partial charge in [-0.1, -0.05) is 41.9 Å². The van der Waals surface area contributed by atoms with E-state index < -0.39 is 29.5 Å². The first-order valence-electron chi connectivity index (χ1n) is 11.4. The predicted molar refractivity (Wildman–Crippen MR) is 141 cm³/mol. The minimum atomic E-state index is -4.76. The van der Waals surface area contributed by atoms with Crippen LogP contribution in [0.25, 0.3) is 21.3 Å². The first kappa shape index (κ1) is 27.2. The third-order valence-electron chi connectivity index (χ3n) is 5.65. The van der Waals surface area contributed by atoms with Crippen LogP contribution >= 0.6 is 22.9 Å². The van der Waals surface area contributed by atoms with E-state index in [1.54, 1.807) is 30.3 Å². The molecule has 7 nitrogen and oxygen atoms in total. The van der Waals surface area contributed by atoms with Gasteiger partial charge in [-0.2, -0.15) is 13.2 Å². The van der Waals surface area contributed by atoms with E-state index in [1.807, 2.05) is 0 Å². The van der Waals surface area contributed by atoms with E-state index >= 15 is 0 Å². The number of pyridine rings is 1. The molecule has 0 unspecified atom stereocenters. The predicted octanol–water partition coefficient (Wildman–Crippen LogP) is 7.30. The summed E-state index contributed by atoms with van der Waals surface area (Å²) in [4.78, 5) is 28.8. The zero-order valence-corrected chi connectivity index (χ0v) is 21.6. The average molecular weight is 590 g/mol. The number of ether oxygens (including phenoxy) is 1. The van der Waals surface area contributed by atoms with Crippen LogP contribution in [-0.4, -0.2) is 16.8 Å². The molecule has 5 aromatic rings. The van der Waals surface area contributed by atoms with E-state index in [9.17, 15) is 27.2 Å². The quantitative estimate of drug-likeness (QED) is 0.194. The summed E-state index contributed by atoms with van der Waals surface area (Å²) >= 11 is 6.58. The Kier molecular flexibility index (Phi) is 7.21. The Hall–Kier alpha value is -4.42. The van der Waals surface area contributed by atoms with Crippen LogP contribution in [0.15, 0.2) is 71.1 Å². The van der Waals surface area contributed by atoms with Gasteiger partial charge in [-0.05, 0) is 47.5 Å².